The van der Waals surface area contributed by atoms with Gasteiger partial charge in [-0.3, -0.25) is 9.36 Å². The highest BCUT2D eigenvalue weighted by atomic mass is 32.1. The van der Waals surface area contributed by atoms with Crippen LogP contribution in [0.1, 0.15) is 0 Å². The van der Waals surface area contributed by atoms with Crippen LogP contribution in [0.15, 0.2) is 71.1 Å². The molecule has 0 N–H and O–H groups in total. The Morgan fingerprint density at radius 1 is 1.04 bits per heavy atom. The Bertz CT molecular complexity index is 1050. The summed E-state index contributed by atoms with van der Waals surface area (Å²) in [5.41, 5.74) is 2.92. The molecule has 0 bridgehead atoms. The van der Waals surface area contributed by atoms with Gasteiger partial charge in [-0.05, 0) is 23.8 Å². The quantitative estimate of drug-likeness (QED) is 0.553. The number of hydrogen-bond acceptors (Lipinski definition) is 3. The summed E-state index contributed by atoms with van der Waals surface area (Å²) in [6.07, 6.45) is 1.46. The maximum absolute atomic E-state index is 13.4. The van der Waals surface area contributed by atoms with E-state index in [9.17, 15) is 9.18 Å². The van der Waals surface area contributed by atoms with Gasteiger partial charge in [-0.25, -0.2) is 9.37 Å². The van der Waals surface area contributed by atoms with Crippen molar-refractivity contribution in [1.29, 1.82) is 0 Å². The Hall–Kier alpha value is -2.79. The number of hydrogen-bond donors (Lipinski definition) is 0. The number of thiophene rings is 1. The zero-order valence-electron chi connectivity index (χ0n) is 11.9. The largest absolute Gasteiger partial charge is 0.275 e. The van der Waals surface area contributed by atoms with Gasteiger partial charge in [0.1, 0.15) is 16.8 Å². The van der Waals surface area contributed by atoms with Crippen LogP contribution >= 0.6 is 11.3 Å². The van der Waals surface area contributed by atoms with Gasteiger partial charge >= 0.3 is 0 Å². The van der Waals surface area contributed by atoms with Crippen molar-refractivity contribution in [3.05, 3.63) is 82.5 Å². The lowest BCUT2D eigenvalue weighted by Gasteiger charge is -2.05. The van der Waals surface area contributed by atoms with Crippen LogP contribution in [0.3, 0.4) is 0 Å². The number of fused-ring (bicyclic) bond motifs is 1. The zero-order chi connectivity index (χ0) is 15.8. The van der Waals surface area contributed by atoms with Crippen molar-refractivity contribution in [2.45, 2.75) is 0 Å². The van der Waals surface area contributed by atoms with Crippen LogP contribution in [0, 0.1) is 5.82 Å². The molecule has 0 aliphatic rings. The first-order valence-electron chi connectivity index (χ1n) is 7.04. The van der Waals surface area contributed by atoms with E-state index in [-0.39, 0.29) is 11.4 Å². The fourth-order valence-corrected chi connectivity index (χ4v) is 3.50. The first kappa shape index (κ1) is 13.8. The Balaban J connectivity index is 1.93. The van der Waals surface area contributed by atoms with Crippen LogP contribution in [-0.2, 0) is 0 Å². The molecule has 2 aromatic heterocycles. The highest BCUT2D eigenvalue weighted by Gasteiger charge is 2.13. The van der Waals surface area contributed by atoms with E-state index in [2.05, 4.69) is 4.98 Å². The van der Waals surface area contributed by atoms with Crippen LogP contribution in [0.2, 0.25) is 0 Å². The Kier molecular flexibility index (Phi) is 3.28. The predicted octanol–water partition coefficient (Wildman–Crippen LogP) is 4.25. The number of rotatable bonds is 2. The van der Waals surface area contributed by atoms with Gasteiger partial charge in [0.25, 0.3) is 5.56 Å². The van der Waals surface area contributed by atoms with Crippen LogP contribution in [0.25, 0.3) is 27.0 Å². The van der Waals surface area contributed by atoms with Gasteiger partial charge in [0.2, 0.25) is 0 Å². The van der Waals surface area contributed by atoms with Crippen LogP contribution in [0.4, 0.5) is 4.39 Å². The van der Waals surface area contributed by atoms with Crippen molar-refractivity contribution in [1.82, 2.24) is 9.55 Å². The molecule has 4 rings (SSSR count). The Morgan fingerprint density at radius 2 is 1.87 bits per heavy atom. The molecule has 0 saturated heterocycles. The highest BCUT2D eigenvalue weighted by Crippen LogP contribution is 2.30. The van der Waals surface area contributed by atoms with Gasteiger partial charge in [0, 0.05) is 10.9 Å². The SMILES string of the molecule is O=c1c2scc(-c3ccccc3)c2ncn1-c1cccc(F)c1. The van der Waals surface area contributed by atoms with E-state index in [0.29, 0.717) is 15.9 Å². The summed E-state index contributed by atoms with van der Waals surface area (Å²) in [5, 5.41) is 1.93. The number of nitrogens with zero attached hydrogens (tertiary/aromatic N) is 2. The maximum Gasteiger partial charge on any atom is 0.275 e. The van der Waals surface area contributed by atoms with Crippen LogP contribution in [-0.4, -0.2) is 9.55 Å². The van der Waals surface area contributed by atoms with Gasteiger partial charge in [-0.1, -0.05) is 36.4 Å². The van der Waals surface area contributed by atoms with Crippen LogP contribution in [0.5, 0.6) is 0 Å². The highest BCUT2D eigenvalue weighted by molar-refractivity contribution is 7.17. The minimum Gasteiger partial charge on any atom is -0.267 e. The monoisotopic (exact) mass is 322 g/mol. The molecule has 2 heterocycles. The lowest BCUT2D eigenvalue weighted by Crippen LogP contribution is -2.17. The third kappa shape index (κ3) is 2.35. The first-order chi connectivity index (χ1) is 11.2. The van der Waals surface area contributed by atoms with E-state index in [1.54, 1.807) is 12.1 Å². The van der Waals surface area contributed by atoms with Crippen molar-refractivity contribution < 1.29 is 4.39 Å². The fraction of sp³-hybridized carbons (Fsp3) is 0. The molecule has 2 aromatic carbocycles. The fourth-order valence-electron chi connectivity index (χ4n) is 2.54. The molecule has 0 fully saturated rings. The molecule has 0 amide bonds. The average molecular weight is 322 g/mol. The molecular formula is C18H11FN2OS. The maximum atomic E-state index is 13.4. The van der Waals surface area contributed by atoms with E-state index in [0.717, 1.165) is 11.1 Å². The van der Waals surface area contributed by atoms with Crippen molar-refractivity contribution in [3.63, 3.8) is 0 Å². The predicted molar refractivity (Wildman–Crippen MR) is 90.6 cm³/mol. The molecule has 3 nitrogen and oxygen atoms in total. The van der Waals surface area contributed by atoms with E-state index in [4.69, 9.17) is 0 Å². The molecule has 4 aromatic rings. The number of benzene rings is 2. The third-order valence-corrected chi connectivity index (χ3v) is 4.61. The Labute approximate surface area is 135 Å². The topological polar surface area (TPSA) is 34.9 Å². The van der Waals surface area contributed by atoms with Crippen LogP contribution < -0.4 is 5.56 Å². The molecule has 0 atom stereocenters. The molecule has 0 spiro atoms. The second-order valence-electron chi connectivity index (χ2n) is 5.09. The summed E-state index contributed by atoms with van der Waals surface area (Å²) in [7, 11) is 0. The minimum absolute atomic E-state index is 0.187. The standard InChI is InChI=1S/C18H11FN2OS/c19-13-7-4-8-14(9-13)21-11-20-16-15(10-23-17(16)18(21)22)12-5-2-1-3-6-12/h1-11H. The smallest absolute Gasteiger partial charge is 0.267 e. The van der Waals surface area contributed by atoms with Crippen molar-refractivity contribution in [2.75, 3.05) is 0 Å². The molecule has 5 heteroatoms. The lowest BCUT2D eigenvalue weighted by molar-refractivity contribution is 0.626. The van der Waals surface area contributed by atoms with Crippen molar-refractivity contribution >= 4 is 21.6 Å². The van der Waals surface area contributed by atoms with Gasteiger partial charge in [0.05, 0.1) is 11.2 Å². The lowest BCUT2D eigenvalue weighted by atomic mass is 10.1. The summed E-state index contributed by atoms with van der Waals surface area (Å²) >= 11 is 1.36. The van der Waals surface area contributed by atoms with Crippen molar-refractivity contribution in [3.8, 4) is 16.8 Å². The first-order valence-corrected chi connectivity index (χ1v) is 7.92. The summed E-state index contributed by atoms with van der Waals surface area (Å²) in [4.78, 5) is 17.1. The van der Waals surface area contributed by atoms with E-state index < -0.39 is 0 Å². The van der Waals surface area contributed by atoms with Gasteiger partial charge in [-0.2, -0.15) is 0 Å². The molecule has 0 radical (unpaired) electrons. The number of aromatic nitrogens is 2. The minimum atomic E-state index is -0.384. The second kappa shape index (κ2) is 5.44. The van der Waals surface area contributed by atoms with Crippen molar-refractivity contribution in [2.24, 2.45) is 0 Å². The van der Waals surface area contributed by atoms with Gasteiger partial charge < -0.3 is 0 Å². The summed E-state index contributed by atoms with van der Waals surface area (Å²) in [6.45, 7) is 0. The molecule has 0 saturated carbocycles. The Morgan fingerprint density at radius 3 is 2.65 bits per heavy atom. The van der Waals surface area contributed by atoms with Gasteiger partial charge in [0.15, 0.2) is 0 Å². The average Bonchev–Trinajstić information content (AvgIpc) is 3.01. The second-order valence-corrected chi connectivity index (χ2v) is 5.97. The third-order valence-electron chi connectivity index (χ3n) is 3.65. The van der Waals surface area contributed by atoms with E-state index in [1.165, 1.54) is 34.4 Å². The molecule has 112 valence electrons. The zero-order valence-corrected chi connectivity index (χ0v) is 12.8. The van der Waals surface area contributed by atoms with Gasteiger partial charge in [-0.15, -0.1) is 11.3 Å². The van der Waals surface area contributed by atoms with E-state index >= 15 is 0 Å². The molecule has 0 aliphatic carbocycles. The molecular weight excluding hydrogens is 311 g/mol. The van der Waals surface area contributed by atoms with E-state index in [1.807, 2.05) is 35.7 Å². The molecule has 0 aliphatic heterocycles. The molecule has 0 unspecified atom stereocenters. The summed E-state index contributed by atoms with van der Waals surface area (Å²) in [6, 6.07) is 15.7. The molecule has 23 heavy (non-hydrogen) atoms. The summed E-state index contributed by atoms with van der Waals surface area (Å²) < 4.78 is 15.3. The number of halogens is 1. The normalized spacial score (nSPS) is 11.0. The summed E-state index contributed by atoms with van der Waals surface area (Å²) in [5.74, 6) is -0.384.